The molecule has 0 saturated heterocycles. The molecule has 1 aromatic rings. The molecule has 0 bridgehead atoms. The number of amides is 1. The average Bonchev–Trinajstić information content (AvgIpc) is 2.57. The molecule has 7 N–H and O–H groups in total. The van der Waals surface area contributed by atoms with E-state index >= 15 is 0 Å². The Bertz CT molecular complexity index is 607. The van der Waals surface area contributed by atoms with Gasteiger partial charge in [0.15, 0.2) is 0 Å². The Labute approximate surface area is 145 Å². The smallest absolute Gasteiger partial charge is 0.359 e. The van der Waals surface area contributed by atoms with Crippen molar-refractivity contribution >= 4 is 19.5 Å². The summed E-state index contributed by atoms with van der Waals surface area (Å²) in [4.78, 5) is 42.6. The van der Waals surface area contributed by atoms with Crippen molar-refractivity contribution < 1.29 is 28.7 Å². The van der Waals surface area contributed by atoms with Gasteiger partial charge in [-0.2, -0.15) is 0 Å². The summed E-state index contributed by atoms with van der Waals surface area (Å²) in [5, 5.41) is 1.99. The zero-order valence-corrected chi connectivity index (χ0v) is 14.6. The number of hydrogen-bond donors (Lipinski definition) is 5. The molecule has 0 fully saturated rings. The first-order chi connectivity index (χ1) is 11.8. The molecule has 1 amide bonds. The van der Waals surface area contributed by atoms with Crippen molar-refractivity contribution in [2.45, 2.75) is 37.7 Å². The lowest BCUT2D eigenvalue weighted by Gasteiger charge is -2.20. The number of carbonyl (C=O) groups excluding carboxylic acids is 2. The third kappa shape index (κ3) is 7.76. The van der Waals surface area contributed by atoms with E-state index in [9.17, 15) is 23.9 Å². The molecular weight excluding hydrogens is 349 g/mol. The average molecular weight is 373 g/mol. The fourth-order valence-corrected chi connectivity index (χ4v) is 2.61. The number of ether oxygens (including phenoxy) is 1. The van der Waals surface area contributed by atoms with Crippen molar-refractivity contribution in [2.24, 2.45) is 11.5 Å². The second-order valence-corrected chi connectivity index (χ2v) is 7.18. The Hall–Kier alpha value is -1.77. The number of nitrogens with two attached hydrogens (primary N) is 2. The van der Waals surface area contributed by atoms with Gasteiger partial charge < -0.3 is 31.3 Å². The molecule has 1 rings (SSSR count). The molecule has 9 nitrogen and oxygen atoms in total. The minimum Gasteiger partial charge on any atom is -0.459 e. The molecular formula is C15H24N3O6P. The lowest BCUT2D eigenvalue weighted by Crippen LogP contribution is -2.48. The molecule has 2 atom stereocenters. The van der Waals surface area contributed by atoms with E-state index in [0.29, 0.717) is 24.9 Å². The van der Waals surface area contributed by atoms with Gasteiger partial charge in [0.25, 0.3) is 0 Å². The van der Waals surface area contributed by atoms with Crippen LogP contribution in [0, 0.1) is 0 Å². The van der Waals surface area contributed by atoms with Crippen LogP contribution in [0.5, 0.6) is 0 Å². The molecule has 10 heteroatoms. The third-order valence-electron chi connectivity index (χ3n) is 3.37. The van der Waals surface area contributed by atoms with Gasteiger partial charge in [0.05, 0.1) is 6.04 Å². The van der Waals surface area contributed by atoms with Crippen LogP contribution < -0.4 is 16.8 Å². The van der Waals surface area contributed by atoms with E-state index in [-0.39, 0.29) is 13.0 Å². The molecule has 0 saturated carbocycles. The first-order valence-electron chi connectivity index (χ1n) is 7.77. The quantitative estimate of drug-likeness (QED) is 0.214. The minimum atomic E-state index is -4.96. The second kappa shape index (κ2) is 10.3. The zero-order chi connectivity index (χ0) is 18.9. The Morgan fingerprint density at radius 1 is 1.20 bits per heavy atom. The van der Waals surface area contributed by atoms with Crippen LogP contribution in [0.4, 0.5) is 0 Å². The minimum absolute atomic E-state index is 0.172. The largest absolute Gasteiger partial charge is 0.459 e. The van der Waals surface area contributed by atoms with Gasteiger partial charge in [0.2, 0.25) is 11.7 Å². The van der Waals surface area contributed by atoms with Crippen LogP contribution in [0.15, 0.2) is 30.3 Å². The molecule has 25 heavy (non-hydrogen) atoms. The van der Waals surface area contributed by atoms with Crippen molar-refractivity contribution in [1.82, 2.24) is 5.32 Å². The van der Waals surface area contributed by atoms with Crippen LogP contribution >= 0.6 is 7.60 Å². The summed E-state index contributed by atoms with van der Waals surface area (Å²) in [6.45, 7) is 0.278. The number of nitrogens with one attached hydrogen (secondary N) is 1. The fraction of sp³-hybridized carbons (Fsp3) is 0.467. The SMILES string of the molecule is NCCCC[C@H](N)C(=O)NC(C(=O)OCc1ccccc1)P(=O)(O)O. The van der Waals surface area contributed by atoms with E-state index in [4.69, 9.17) is 16.2 Å². The molecule has 0 spiro atoms. The summed E-state index contributed by atoms with van der Waals surface area (Å²) < 4.78 is 16.4. The summed E-state index contributed by atoms with van der Waals surface area (Å²) in [5.41, 5.74) is 11.6. The predicted molar refractivity (Wildman–Crippen MR) is 91.1 cm³/mol. The third-order valence-corrected chi connectivity index (χ3v) is 4.38. The Morgan fingerprint density at radius 2 is 1.84 bits per heavy atom. The number of hydrogen-bond acceptors (Lipinski definition) is 6. The van der Waals surface area contributed by atoms with Crippen molar-refractivity contribution in [3.63, 3.8) is 0 Å². The van der Waals surface area contributed by atoms with E-state index in [0.717, 1.165) is 0 Å². The highest BCUT2D eigenvalue weighted by Crippen LogP contribution is 2.40. The maximum atomic E-state index is 12.0. The molecule has 0 aromatic heterocycles. The summed E-state index contributed by atoms with van der Waals surface area (Å²) in [6, 6.07) is 7.60. The van der Waals surface area contributed by atoms with Gasteiger partial charge in [0.1, 0.15) is 6.61 Å². The van der Waals surface area contributed by atoms with Crippen LogP contribution in [0.25, 0.3) is 0 Å². The normalized spacial score (nSPS) is 13.8. The van der Waals surface area contributed by atoms with Gasteiger partial charge in [-0.1, -0.05) is 36.8 Å². The van der Waals surface area contributed by atoms with E-state index in [1.165, 1.54) is 0 Å². The Kier molecular flexibility index (Phi) is 8.74. The molecule has 0 aliphatic carbocycles. The fourth-order valence-electron chi connectivity index (χ4n) is 1.97. The monoisotopic (exact) mass is 373 g/mol. The lowest BCUT2D eigenvalue weighted by molar-refractivity contribution is -0.147. The molecule has 1 unspecified atom stereocenters. The van der Waals surface area contributed by atoms with Crippen molar-refractivity contribution in [3.05, 3.63) is 35.9 Å². The van der Waals surface area contributed by atoms with Gasteiger partial charge in [-0.05, 0) is 24.9 Å². The van der Waals surface area contributed by atoms with Gasteiger partial charge in [-0.15, -0.1) is 0 Å². The molecule has 140 valence electrons. The molecule has 0 aliphatic heterocycles. The molecule has 1 aromatic carbocycles. The first-order valence-corrected chi connectivity index (χ1v) is 9.45. The van der Waals surface area contributed by atoms with Gasteiger partial charge in [-0.3, -0.25) is 9.36 Å². The van der Waals surface area contributed by atoms with Crippen LogP contribution in [-0.2, 0) is 25.5 Å². The summed E-state index contributed by atoms with van der Waals surface area (Å²) >= 11 is 0. The number of unbranched alkanes of at least 4 members (excludes halogenated alkanes) is 1. The van der Waals surface area contributed by atoms with Gasteiger partial charge in [0, 0.05) is 0 Å². The van der Waals surface area contributed by atoms with Crippen LogP contribution in [-0.4, -0.2) is 40.0 Å². The molecule has 0 radical (unpaired) electrons. The van der Waals surface area contributed by atoms with Gasteiger partial charge >= 0.3 is 13.6 Å². The van der Waals surface area contributed by atoms with E-state index in [2.05, 4.69) is 0 Å². The number of benzene rings is 1. The van der Waals surface area contributed by atoms with E-state index < -0.39 is 31.3 Å². The number of esters is 1. The van der Waals surface area contributed by atoms with E-state index in [1.807, 2.05) is 5.32 Å². The van der Waals surface area contributed by atoms with Crippen molar-refractivity contribution in [1.29, 1.82) is 0 Å². The van der Waals surface area contributed by atoms with Crippen molar-refractivity contribution in [3.8, 4) is 0 Å². The van der Waals surface area contributed by atoms with Crippen molar-refractivity contribution in [2.75, 3.05) is 6.54 Å². The predicted octanol–water partition coefficient (Wildman–Crippen LogP) is -0.194. The molecule has 0 aliphatic rings. The summed E-state index contributed by atoms with van der Waals surface area (Å²) in [6.07, 6.45) is 1.54. The second-order valence-electron chi connectivity index (χ2n) is 5.48. The standard InChI is InChI=1S/C15H24N3O6P/c16-9-5-4-8-12(17)13(19)18-14(25(21,22)23)15(20)24-10-11-6-2-1-3-7-11/h1-3,6-7,12,14H,4-5,8-10,16-17H2,(H,18,19)(H2,21,22,23)/t12-,14?/m0/s1. The summed E-state index contributed by atoms with van der Waals surface area (Å²) in [5.74, 6) is -4.15. The maximum absolute atomic E-state index is 12.0. The topological polar surface area (TPSA) is 165 Å². The van der Waals surface area contributed by atoms with Crippen LogP contribution in [0.3, 0.4) is 0 Å². The highest BCUT2D eigenvalue weighted by molar-refractivity contribution is 7.53. The van der Waals surface area contributed by atoms with E-state index in [1.54, 1.807) is 30.3 Å². The highest BCUT2D eigenvalue weighted by atomic mass is 31.2. The maximum Gasteiger partial charge on any atom is 0.359 e. The Morgan fingerprint density at radius 3 is 2.40 bits per heavy atom. The van der Waals surface area contributed by atoms with Crippen LogP contribution in [0.1, 0.15) is 24.8 Å². The highest BCUT2D eigenvalue weighted by Gasteiger charge is 2.39. The van der Waals surface area contributed by atoms with Crippen LogP contribution in [0.2, 0.25) is 0 Å². The number of carbonyl (C=O) groups is 2. The first kappa shape index (κ1) is 21.3. The van der Waals surface area contributed by atoms with Gasteiger partial charge in [-0.25, -0.2) is 4.79 Å². The zero-order valence-electron chi connectivity index (χ0n) is 13.7. The molecule has 0 heterocycles. The Balaban J connectivity index is 2.65. The summed E-state index contributed by atoms with van der Waals surface area (Å²) in [7, 11) is -4.96. The lowest BCUT2D eigenvalue weighted by atomic mass is 10.1. The number of rotatable bonds is 10.